The number of nitrogens with zero attached hydrogens (tertiary/aromatic N) is 1. The minimum atomic E-state index is 0.723. The van der Waals surface area contributed by atoms with Crippen LogP contribution in [0.25, 0.3) is 10.8 Å². The van der Waals surface area contributed by atoms with Crippen molar-refractivity contribution in [3.05, 3.63) is 40.1 Å². The molecule has 0 unspecified atom stereocenters. The molecule has 0 atom stereocenters. The second kappa shape index (κ2) is 3.04. The maximum Gasteiger partial charge on any atom is 0.0641 e. The highest BCUT2D eigenvalue weighted by molar-refractivity contribution is 9.10. The topological polar surface area (TPSA) is 12.9 Å². The van der Waals surface area contributed by atoms with Gasteiger partial charge in [-0.2, -0.15) is 0 Å². The zero-order valence-electron chi connectivity index (χ0n) is 6.09. The van der Waals surface area contributed by atoms with Crippen molar-refractivity contribution in [2.24, 2.45) is 0 Å². The summed E-state index contributed by atoms with van der Waals surface area (Å²) in [6, 6.07) is 5.88. The third-order valence-corrected chi connectivity index (χ3v) is 3.01. The van der Waals surface area contributed by atoms with Crippen molar-refractivity contribution in [1.29, 1.82) is 0 Å². The van der Waals surface area contributed by atoms with Crippen molar-refractivity contribution in [3.8, 4) is 0 Å². The molecule has 60 valence electrons. The molecule has 0 radical (unpaired) electrons. The lowest BCUT2D eigenvalue weighted by Crippen LogP contribution is -1.77. The van der Waals surface area contributed by atoms with Gasteiger partial charge >= 0.3 is 0 Å². The van der Waals surface area contributed by atoms with Gasteiger partial charge in [-0.1, -0.05) is 17.7 Å². The van der Waals surface area contributed by atoms with E-state index in [1.165, 1.54) is 0 Å². The van der Waals surface area contributed by atoms with E-state index in [4.69, 9.17) is 11.6 Å². The summed E-state index contributed by atoms with van der Waals surface area (Å²) in [7, 11) is 0. The maximum absolute atomic E-state index is 6.04. The number of aromatic nitrogens is 1. The van der Waals surface area contributed by atoms with Crippen LogP contribution in [0.3, 0.4) is 0 Å². The van der Waals surface area contributed by atoms with Crippen molar-refractivity contribution in [3.63, 3.8) is 0 Å². The third kappa shape index (κ3) is 1.21. The van der Waals surface area contributed by atoms with Gasteiger partial charge in [-0.25, -0.2) is 0 Å². The molecule has 0 aliphatic rings. The second-order valence-electron chi connectivity index (χ2n) is 2.46. The molecule has 0 aliphatic heterocycles. The van der Waals surface area contributed by atoms with E-state index in [0.29, 0.717) is 0 Å². The van der Waals surface area contributed by atoms with Gasteiger partial charge < -0.3 is 0 Å². The Balaban J connectivity index is 2.91. The molecule has 1 aromatic heterocycles. The average molecular weight is 243 g/mol. The Hall–Kier alpha value is -0.600. The molecule has 0 fully saturated rings. The molecular formula is C9H5BrClN. The van der Waals surface area contributed by atoms with E-state index < -0.39 is 0 Å². The molecule has 3 heteroatoms. The highest BCUT2D eigenvalue weighted by Gasteiger charge is 2.01. The van der Waals surface area contributed by atoms with Crippen LogP contribution in [0.5, 0.6) is 0 Å². The Kier molecular flexibility index (Phi) is 2.03. The Morgan fingerprint density at radius 2 is 2.08 bits per heavy atom. The van der Waals surface area contributed by atoms with Crippen molar-refractivity contribution in [2.75, 3.05) is 0 Å². The zero-order chi connectivity index (χ0) is 8.55. The van der Waals surface area contributed by atoms with Gasteiger partial charge in [0.05, 0.1) is 5.02 Å². The predicted octanol–water partition coefficient (Wildman–Crippen LogP) is 3.65. The van der Waals surface area contributed by atoms with Crippen LogP contribution in [0.4, 0.5) is 0 Å². The number of benzene rings is 1. The molecule has 0 saturated carbocycles. The van der Waals surface area contributed by atoms with Crippen LogP contribution in [0.2, 0.25) is 5.02 Å². The van der Waals surface area contributed by atoms with Gasteiger partial charge in [0.2, 0.25) is 0 Å². The number of halogens is 2. The van der Waals surface area contributed by atoms with Gasteiger partial charge in [-0.15, -0.1) is 0 Å². The quantitative estimate of drug-likeness (QED) is 0.687. The first kappa shape index (κ1) is 8.02. The van der Waals surface area contributed by atoms with Crippen LogP contribution in [0, 0.1) is 0 Å². The first-order chi connectivity index (χ1) is 5.79. The van der Waals surface area contributed by atoms with Crippen molar-refractivity contribution in [1.82, 2.24) is 4.98 Å². The molecule has 12 heavy (non-hydrogen) atoms. The van der Waals surface area contributed by atoms with Gasteiger partial charge in [-0.05, 0) is 33.4 Å². The van der Waals surface area contributed by atoms with E-state index in [-0.39, 0.29) is 0 Å². The third-order valence-electron chi connectivity index (χ3n) is 1.71. The lowest BCUT2D eigenvalue weighted by molar-refractivity contribution is 1.36. The summed E-state index contributed by atoms with van der Waals surface area (Å²) in [5, 5.41) is 2.81. The van der Waals surface area contributed by atoms with Gasteiger partial charge in [0.15, 0.2) is 0 Å². The molecule has 0 saturated heterocycles. The van der Waals surface area contributed by atoms with Crippen LogP contribution < -0.4 is 0 Å². The SMILES string of the molecule is Clc1c(Br)ccc2ccncc12. The fourth-order valence-electron chi connectivity index (χ4n) is 1.10. The summed E-state index contributed by atoms with van der Waals surface area (Å²) in [6.45, 7) is 0. The standard InChI is InChI=1S/C9H5BrClN/c10-8-2-1-6-3-4-12-5-7(6)9(8)11/h1-5H. The van der Waals surface area contributed by atoms with E-state index >= 15 is 0 Å². The second-order valence-corrected chi connectivity index (χ2v) is 3.69. The van der Waals surface area contributed by atoms with Crippen LogP contribution in [0.1, 0.15) is 0 Å². The Morgan fingerprint density at radius 3 is 2.92 bits per heavy atom. The van der Waals surface area contributed by atoms with Crippen LogP contribution in [-0.4, -0.2) is 4.98 Å². The van der Waals surface area contributed by atoms with E-state index in [2.05, 4.69) is 20.9 Å². The smallest absolute Gasteiger partial charge is 0.0641 e. The van der Waals surface area contributed by atoms with Crippen molar-refractivity contribution < 1.29 is 0 Å². The monoisotopic (exact) mass is 241 g/mol. The van der Waals surface area contributed by atoms with Gasteiger partial charge in [0, 0.05) is 22.3 Å². The highest BCUT2D eigenvalue weighted by atomic mass is 79.9. The minimum absolute atomic E-state index is 0.723. The maximum atomic E-state index is 6.04. The molecule has 0 bridgehead atoms. The molecule has 0 aliphatic carbocycles. The van der Waals surface area contributed by atoms with Crippen molar-refractivity contribution >= 4 is 38.3 Å². The fraction of sp³-hybridized carbons (Fsp3) is 0. The summed E-state index contributed by atoms with van der Waals surface area (Å²) < 4.78 is 0.907. The van der Waals surface area contributed by atoms with E-state index in [9.17, 15) is 0 Å². The molecular weight excluding hydrogens is 237 g/mol. The molecule has 1 heterocycles. The number of rotatable bonds is 0. The van der Waals surface area contributed by atoms with E-state index in [1.807, 2.05) is 18.2 Å². The number of hydrogen-bond donors (Lipinski definition) is 0. The molecule has 0 N–H and O–H groups in total. The molecule has 2 aromatic rings. The minimum Gasteiger partial charge on any atom is -0.264 e. The largest absolute Gasteiger partial charge is 0.264 e. The first-order valence-corrected chi connectivity index (χ1v) is 4.64. The highest BCUT2D eigenvalue weighted by Crippen LogP contribution is 2.29. The van der Waals surface area contributed by atoms with E-state index in [0.717, 1.165) is 20.3 Å². The normalized spacial score (nSPS) is 10.5. The summed E-state index contributed by atoms with van der Waals surface area (Å²) in [6.07, 6.45) is 3.52. The van der Waals surface area contributed by atoms with Gasteiger partial charge in [-0.3, -0.25) is 4.98 Å². The first-order valence-electron chi connectivity index (χ1n) is 3.47. The molecule has 0 spiro atoms. The number of hydrogen-bond acceptors (Lipinski definition) is 1. The molecule has 1 aromatic carbocycles. The molecule has 1 nitrogen and oxygen atoms in total. The Bertz CT molecular complexity index is 428. The van der Waals surface area contributed by atoms with Crippen LogP contribution in [0.15, 0.2) is 35.1 Å². The lowest BCUT2D eigenvalue weighted by atomic mass is 10.2. The van der Waals surface area contributed by atoms with Crippen LogP contribution >= 0.6 is 27.5 Å². The van der Waals surface area contributed by atoms with Crippen LogP contribution in [-0.2, 0) is 0 Å². The van der Waals surface area contributed by atoms with Gasteiger partial charge in [0.25, 0.3) is 0 Å². The van der Waals surface area contributed by atoms with Crippen molar-refractivity contribution in [2.45, 2.75) is 0 Å². The lowest BCUT2D eigenvalue weighted by Gasteiger charge is -2.00. The van der Waals surface area contributed by atoms with E-state index in [1.54, 1.807) is 12.4 Å². The summed E-state index contributed by atoms with van der Waals surface area (Å²) in [5.74, 6) is 0. The Morgan fingerprint density at radius 1 is 1.25 bits per heavy atom. The predicted molar refractivity (Wildman–Crippen MR) is 54.5 cm³/mol. The summed E-state index contributed by atoms with van der Waals surface area (Å²) in [4.78, 5) is 4.01. The number of fused-ring (bicyclic) bond motifs is 1. The Labute approximate surface area is 83.5 Å². The van der Waals surface area contributed by atoms with Gasteiger partial charge in [0.1, 0.15) is 0 Å². The fourth-order valence-corrected chi connectivity index (χ4v) is 1.67. The number of pyridine rings is 1. The molecule has 0 amide bonds. The zero-order valence-corrected chi connectivity index (χ0v) is 8.43. The summed E-state index contributed by atoms with van der Waals surface area (Å²) in [5.41, 5.74) is 0. The molecule has 2 rings (SSSR count). The summed E-state index contributed by atoms with van der Waals surface area (Å²) >= 11 is 9.40. The average Bonchev–Trinajstić information content (AvgIpc) is 2.12.